The highest BCUT2D eigenvalue weighted by molar-refractivity contribution is 7.98. The van der Waals surface area contributed by atoms with E-state index in [4.69, 9.17) is 16.6 Å². The molecule has 2 saturated carbocycles. The normalized spacial score (nSPS) is 17.4. The summed E-state index contributed by atoms with van der Waals surface area (Å²) in [5, 5.41) is 1.07. The molecule has 164 valence electrons. The largest absolute Gasteiger partial charge is 0.573 e. The Kier molecular flexibility index (Phi) is 4.91. The maximum atomic E-state index is 12.5. The Hall–Kier alpha value is -1.97. The van der Waals surface area contributed by atoms with Crippen LogP contribution in [-0.4, -0.2) is 46.1 Å². The third kappa shape index (κ3) is 3.66. The number of hydrogen-bond donors (Lipinski definition) is 0. The van der Waals surface area contributed by atoms with Gasteiger partial charge in [-0.25, -0.2) is 4.98 Å². The lowest BCUT2D eigenvalue weighted by atomic mass is 10.1. The number of fused-ring (bicyclic) bond motifs is 1. The number of nitrogens with zero attached hydrogens (tertiary/aromatic N) is 4. The highest BCUT2D eigenvalue weighted by Crippen LogP contribution is 2.50. The first-order chi connectivity index (χ1) is 14.7. The molecule has 2 aromatic heterocycles. The van der Waals surface area contributed by atoms with Gasteiger partial charge in [-0.05, 0) is 24.5 Å². The van der Waals surface area contributed by atoms with Gasteiger partial charge in [-0.2, -0.15) is 0 Å². The number of alkyl halides is 3. The summed E-state index contributed by atoms with van der Waals surface area (Å²) < 4.78 is 44.6. The zero-order valence-corrected chi connectivity index (χ0v) is 18.6. The molecule has 2 heterocycles. The van der Waals surface area contributed by atoms with E-state index in [0.29, 0.717) is 29.0 Å². The molecule has 1 aromatic carbocycles. The number of halogens is 4. The highest BCUT2D eigenvalue weighted by Gasteiger charge is 2.55. The number of ether oxygens (including phenoxy) is 1. The number of thioether (sulfide) groups is 1. The predicted octanol–water partition coefficient (Wildman–Crippen LogP) is 5.93. The lowest BCUT2D eigenvalue weighted by Crippen LogP contribution is -2.50. The van der Waals surface area contributed by atoms with E-state index in [9.17, 15) is 13.2 Å². The summed E-state index contributed by atoms with van der Waals surface area (Å²) in [5.74, 6) is 0.790. The molecule has 0 saturated heterocycles. The van der Waals surface area contributed by atoms with Crippen molar-refractivity contribution >= 4 is 34.8 Å². The summed E-state index contributed by atoms with van der Waals surface area (Å²) in [5.41, 5.74) is 1.70. The van der Waals surface area contributed by atoms with E-state index in [1.165, 1.54) is 37.8 Å². The molecule has 5 rings (SSSR count). The first-order valence-electron chi connectivity index (χ1n) is 10.1. The molecule has 5 nitrogen and oxygen atoms in total. The quantitative estimate of drug-likeness (QED) is 0.331. The molecule has 0 spiro atoms. The lowest BCUT2D eigenvalue weighted by Gasteiger charge is -2.34. The molecule has 2 fully saturated rings. The Morgan fingerprint density at radius 3 is 2.42 bits per heavy atom. The van der Waals surface area contributed by atoms with Crippen LogP contribution in [0.25, 0.3) is 16.9 Å². The van der Waals surface area contributed by atoms with Crippen LogP contribution in [-0.2, 0) is 0 Å². The summed E-state index contributed by atoms with van der Waals surface area (Å²) in [6.07, 6.45) is 5.67. The van der Waals surface area contributed by atoms with Gasteiger partial charge in [-0.3, -0.25) is 13.9 Å². The fraction of sp³-hybridized carbons (Fsp3) is 0.429. The smallest absolute Gasteiger partial charge is 0.406 e. The topological polar surface area (TPSA) is 39.4 Å². The summed E-state index contributed by atoms with van der Waals surface area (Å²) in [6, 6.07) is 5.08. The van der Waals surface area contributed by atoms with Crippen LogP contribution in [0.3, 0.4) is 0 Å². The maximum Gasteiger partial charge on any atom is 0.573 e. The standard InChI is InChI=1S/C21H21ClF3N4OS/c1-29(12-3-4-12,13-5-6-13)20-19(31-2)27-18-17(26-9-10-28(18)20)15-8-7-14(11-16(15)22)30-21(23,24)25/h7-13H,3-6H2,1-2H3/q+1. The maximum absolute atomic E-state index is 12.5. The Labute approximate surface area is 186 Å². The van der Waals surface area contributed by atoms with Crippen molar-refractivity contribution in [2.75, 3.05) is 13.3 Å². The van der Waals surface area contributed by atoms with Gasteiger partial charge in [0.15, 0.2) is 10.7 Å². The minimum atomic E-state index is -4.78. The number of benzene rings is 1. The van der Waals surface area contributed by atoms with E-state index < -0.39 is 6.36 Å². The number of rotatable bonds is 6. The fourth-order valence-corrected chi connectivity index (χ4v) is 5.38. The molecule has 0 aliphatic heterocycles. The molecule has 2 aliphatic rings. The van der Waals surface area contributed by atoms with Gasteiger partial charge in [0.1, 0.15) is 11.4 Å². The van der Waals surface area contributed by atoms with E-state index in [-0.39, 0.29) is 10.8 Å². The average Bonchev–Trinajstić information content (AvgIpc) is 3.60. The summed E-state index contributed by atoms with van der Waals surface area (Å²) >= 11 is 7.95. The molecule has 31 heavy (non-hydrogen) atoms. The van der Waals surface area contributed by atoms with Crippen molar-refractivity contribution in [2.24, 2.45) is 0 Å². The number of quaternary nitrogens is 1. The molecule has 0 unspecified atom stereocenters. The summed E-state index contributed by atoms with van der Waals surface area (Å²) in [7, 11) is 2.30. The highest BCUT2D eigenvalue weighted by atomic mass is 35.5. The Bertz CT molecular complexity index is 1150. The van der Waals surface area contributed by atoms with Crippen LogP contribution < -0.4 is 9.22 Å². The molecule has 0 atom stereocenters. The van der Waals surface area contributed by atoms with Crippen molar-refractivity contribution in [2.45, 2.75) is 49.2 Å². The fourth-order valence-electron chi connectivity index (χ4n) is 4.46. The van der Waals surface area contributed by atoms with Gasteiger partial charge in [-0.1, -0.05) is 11.6 Å². The monoisotopic (exact) mass is 469 g/mol. The van der Waals surface area contributed by atoms with Crippen LogP contribution >= 0.6 is 23.4 Å². The molecular formula is C21H21ClF3N4OS+. The lowest BCUT2D eigenvalue weighted by molar-refractivity contribution is -0.274. The van der Waals surface area contributed by atoms with Gasteiger partial charge in [0.05, 0.1) is 24.2 Å². The van der Waals surface area contributed by atoms with Crippen LogP contribution in [0.5, 0.6) is 5.75 Å². The third-order valence-electron chi connectivity index (χ3n) is 6.18. The minimum Gasteiger partial charge on any atom is -0.406 e. The second kappa shape index (κ2) is 7.28. The number of aromatic nitrogens is 3. The SMILES string of the molecule is CSc1nc2c(-c3ccc(OC(F)(F)F)cc3Cl)nccn2c1[N+](C)(C1CC1)C1CC1. The van der Waals surface area contributed by atoms with E-state index in [2.05, 4.69) is 21.2 Å². The molecule has 0 amide bonds. The van der Waals surface area contributed by atoms with E-state index >= 15 is 0 Å². The number of hydrogen-bond acceptors (Lipinski definition) is 4. The van der Waals surface area contributed by atoms with Crippen LogP contribution in [0.15, 0.2) is 35.6 Å². The molecule has 0 bridgehead atoms. The molecule has 0 N–H and O–H groups in total. The predicted molar refractivity (Wildman–Crippen MR) is 116 cm³/mol. The Morgan fingerprint density at radius 2 is 1.87 bits per heavy atom. The van der Waals surface area contributed by atoms with E-state index in [0.717, 1.165) is 21.4 Å². The van der Waals surface area contributed by atoms with Gasteiger partial charge < -0.3 is 4.74 Å². The number of imidazole rings is 1. The van der Waals surface area contributed by atoms with Crippen LogP contribution in [0, 0.1) is 0 Å². The van der Waals surface area contributed by atoms with Gasteiger partial charge in [-0.15, -0.1) is 24.9 Å². The molecular weight excluding hydrogens is 449 g/mol. The van der Waals surface area contributed by atoms with E-state index in [1.807, 2.05) is 12.5 Å². The van der Waals surface area contributed by atoms with Crippen molar-refractivity contribution in [3.05, 3.63) is 35.6 Å². The van der Waals surface area contributed by atoms with E-state index in [1.54, 1.807) is 18.0 Å². The van der Waals surface area contributed by atoms with Crippen LogP contribution in [0.1, 0.15) is 25.7 Å². The van der Waals surface area contributed by atoms with Crippen molar-refractivity contribution in [1.29, 1.82) is 0 Å². The van der Waals surface area contributed by atoms with Gasteiger partial charge in [0, 0.05) is 43.6 Å². The second-order valence-corrected chi connectivity index (χ2v) is 9.42. The van der Waals surface area contributed by atoms with Crippen molar-refractivity contribution in [3.63, 3.8) is 0 Å². The third-order valence-corrected chi connectivity index (χ3v) is 7.15. The van der Waals surface area contributed by atoms with Crippen molar-refractivity contribution in [3.8, 4) is 17.0 Å². The summed E-state index contributed by atoms with van der Waals surface area (Å²) in [6.45, 7) is 0. The molecule has 10 heteroatoms. The van der Waals surface area contributed by atoms with Crippen molar-refractivity contribution in [1.82, 2.24) is 18.9 Å². The second-order valence-electron chi connectivity index (χ2n) is 8.21. The molecule has 0 radical (unpaired) electrons. The first kappa shape index (κ1) is 20.9. The summed E-state index contributed by atoms with van der Waals surface area (Å²) in [4.78, 5) is 9.38. The minimum absolute atomic E-state index is 0.124. The van der Waals surface area contributed by atoms with Gasteiger partial charge >= 0.3 is 6.36 Å². The zero-order chi connectivity index (χ0) is 22.0. The average molecular weight is 470 g/mol. The van der Waals surface area contributed by atoms with Crippen molar-refractivity contribution < 1.29 is 17.9 Å². The zero-order valence-electron chi connectivity index (χ0n) is 17.0. The Balaban J connectivity index is 1.65. The van der Waals surface area contributed by atoms with Gasteiger partial charge in [0.2, 0.25) is 5.82 Å². The molecule has 2 aliphatic carbocycles. The Morgan fingerprint density at radius 1 is 1.19 bits per heavy atom. The van der Waals surface area contributed by atoms with Gasteiger partial charge in [0.25, 0.3) is 0 Å². The van der Waals surface area contributed by atoms with Crippen LogP contribution in [0.2, 0.25) is 5.02 Å². The molecule has 3 aromatic rings. The van der Waals surface area contributed by atoms with Crippen LogP contribution in [0.4, 0.5) is 19.0 Å². The first-order valence-corrected chi connectivity index (χ1v) is 11.7.